The number of halogens is 2. The lowest BCUT2D eigenvalue weighted by Gasteiger charge is -2.16. The van der Waals surface area contributed by atoms with E-state index in [4.69, 9.17) is 14.2 Å². The Morgan fingerprint density at radius 3 is 2.42 bits per heavy atom. The Morgan fingerprint density at radius 1 is 1.33 bits per heavy atom. The van der Waals surface area contributed by atoms with E-state index in [1.165, 1.54) is 26.4 Å². The van der Waals surface area contributed by atoms with Crippen LogP contribution in [0.3, 0.4) is 0 Å². The number of methoxy groups -OCH3 is 2. The lowest BCUT2D eigenvalue weighted by molar-refractivity contribution is -0.0526. The number of nitrogens with one attached hydrogen (secondary N) is 1. The summed E-state index contributed by atoms with van der Waals surface area (Å²) in [6.07, 6.45) is 0.864. The van der Waals surface area contributed by atoms with Crippen molar-refractivity contribution in [2.75, 3.05) is 27.4 Å². The van der Waals surface area contributed by atoms with Crippen LogP contribution in [0.25, 0.3) is 0 Å². The summed E-state index contributed by atoms with van der Waals surface area (Å²) in [4.78, 5) is 12.3. The minimum atomic E-state index is -3.03. The van der Waals surface area contributed by atoms with Gasteiger partial charge in [0, 0.05) is 18.7 Å². The van der Waals surface area contributed by atoms with Gasteiger partial charge in [0.05, 0.1) is 20.3 Å². The molecule has 1 fully saturated rings. The van der Waals surface area contributed by atoms with Crippen LogP contribution < -0.4 is 19.5 Å². The smallest absolute Gasteiger partial charge is 0.387 e. The van der Waals surface area contributed by atoms with Gasteiger partial charge in [0.2, 0.25) is 5.75 Å². The van der Waals surface area contributed by atoms with E-state index >= 15 is 0 Å². The van der Waals surface area contributed by atoms with Crippen LogP contribution in [0.2, 0.25) is 0 Å². The van der Waals surface area contributed by atoms with E-state index in [2.05, 4.69) is 17.0 Å². The molecule has 2 rings (SSSR count). The number of carbonyl (C=O) groups excluding carboxylic acids is 1. The molecule has 2 unspecified atom stereocenters. The molecule has 0 aliphatic carbocycles. The molecule has 1 aliphatic heterocycles. The van der Waals surface area contributed by atoms with Gasteiger partial charge >= 0.3 is 6.61 Å². The summed E-state index contributed by atoms with van der Waals surface area (Å²) in [7, 11) is 2.59. The highest BCUT2D eigenvalue weighted by atomic mass is 19.3. The normalized spacial score (nSPS) is 20.1. The molecule has 1 N–H and O–H groups in total. The molecule has 2 atom stereocenters. The first-order chi connectivity index (χ1) is 11.4. The number of carbonyl (C=O) groups is 1. The predicted octanol–water partition coefficient (Wildman–Crippen LogP) is 2.46. The zero-order valence-corrected chi connectivity index (χ0v) is 13.8. The number of hydrogen-bond acceptors (Lipinski definition) is 5. The predicted molar refractivity (Wildman–Crippen MR) is 82.0 cm³/mol. The van der Waals surface area contributed by atoms with E-state index < -0.39 is 6.61 Å². The Kier molecular flexibility index (Phi) is 6.19. The lowest BCUT2D eigenvalue weighted by Crippen LogP contribution is -2.31. The van der Waals surface area contributed by atoms with Gasteiger partial charge < -0.3 is 24.3 Å². The van der Waals surface area contributed by atoms with Crippen molar-refractivity contribution in [2.24, 2.45) is 5.92 Å². The van der Waals surface area contributed by atoms with Gasteiger partial charge in [0.1, 0.15) is 0 Å². The molecule has 0 spiro atoms. The highest BCUT2D eigenvalue weighted by molar-refractivity contribution is 5.95. The summed E-state index contributed by atoms with van der Waals surface area (Å²) in [6, 6.07) is 2.65. The first-order valence-electron chi connectivity index (χ1n) is 7.55. The van der Waals surface area contributed by atoms with Crippen molar-refractivity contribution in [3.8, 4) is 17.2 Å². The van der Waals surface area contributed by atoms with Gasteiger partial charge in [-0.05, 0) is 24.5 Å². The molecule has 1 saturated heterocycles. The number of amides is 1. The molecule has 1 heterocycles. The number of rotatable bonds is 7. The number of benzene rings is 1. The van der Waals surface area contributed by atoms with Crippen LogP contribution in [0.15, 0.2) is 12.1 Å². The van der Waals surface area contributed by atoms with Crippen molar-refractivity contribution in [1.29, 1.82) is 0 Å². The molecule has 0 bridgehead atoms. The summed E-state index contributed by atoms with van der Waals surface area (Å²) in [5.74, 6) is -0.174. The third-order valence-electron chi connectivity index (χ3n) is 3.70. The van der Waals surface area contributed by atoms with Gasteiger partial charge in [-0.3, -0.25) is 4.79 Å². The van der Waals surface area contributed by atoms with Crippen molar-refractivity contribution in [1.82, 2.24) is 5.32 Å². The first-order valence-corrected chi connectivity index (χ1v) is 7.55. The quantitative estimate of drug-likeness (QED) is 0.822. The van der Waals surface area contributed by atoms with Gasteiger partial charge in [-0.1, -0.05) is 6.92 Å². The highest BCUT2D eigenvalue weighted by Gasteiger charge is 2.24. The van der Waals surface area contributed by atoms with E-state index in [1.807, 2.05) is 0 Å². The molecule has 1 aromatic rings. The van der Waals surface area contributed by atoms with Crippen LogP contribution in [-0.4, -0.2) is 46.0 Å². The van der Waals surface area contributed by atoms with Crippen LogP contribution in [0.4, 0.5) is 8.78 Å². The van der Waals surface area contributed by atoms with Gasteiger partial charge in [0.25, 0.3) is 5.91 Å². The number of ether oxygens (including phenoxy) is 4. The molecule has 24 heavy (non-hydrogen) atoms. The van der Waals surface area contributed by atoms with Crippen molar-refractivity contribution < 1.29 is 32.5 Å². The highest BCUT2D eigenvalue weighted by Crippen LogP contribution is 2.39. The van der Waals surface area contributed by atoms with Crippen LogP contribution in [0, 0.1) is 5.92 Å². The standard InChI is InChI=1S/C16H21F2NO5/c1-9-4-11(23-8-9)7-19-15(20)10-5-12(21-2)14(24-16(17)18)13(6-10)22-3/h5-6,9,11,16H,4,7-8H2,1-3H3,(H,19,20). The SMILES string of the molecule is COc1cc(C(=O)NCC2CC(C)CO2)cc(OC)c1OC(F)F. The summed E-state index contributed by atoms with van der Waals surface area (Å²) in [5, 5.41) is 2.76. The van der Waals surface area contributed by atoms with Crippen molar-refractivity contribution in [3.05, 3.63) is 17.7 Å². The summed E-state index contributed by atoms with van der Waals surface area (Å²) in [6.45, 7) is 0.110. The van der Waals surface area contributed by atoms with Gasteiger partial charge in [0.15, 0.2) is 11.5 Å². The summed E-state index contributed by atoms with van der Waals surface area (Å²) < 4.78 is 45.0. The number of alkyl halides is 2. The minimum Gasteiger partial charge on any atom is -0.493 e. The van der Waals surface area contributed by atoms with E-state index in [0.717, 1.165) is 6.42 Å². The fourth-order valence-corrected chi connectivity index (χ4v) is 2.55. The van der Waals surface area contributed by atoms with Crippen molar-refractivity contribution in [3.63, 3.8) is 0 Å². The topological polar surface area (TPSA) is 66.0 Å². The Balaban J connectivity index is 2.12. The fourth-order valence-electron chi connectivity index (χ4n) is 2.55. The van der Waals surface area contributed by atoms with Crippen LogP contribution in [0.5, 0.6) is 17.2 Å². The van der Waals surface area contributed by atoms with E-state index in [0.29, 0.717) is 19.1 Å². The zero-order valence-electron chi connectivity index (χ0n) is 13.8. The third kappa shape index (κ3) is 4.47. The van der Waals surface area contributed by atoms with E-state index in [9.17, 15) is 13.6 Å². The molecule has 1 aliphatic rings. The molecular weight excluding hydrogens is 324 g/mol. The summed E-state index contributed by atoms with van der Waals surface area (Å²) >= 11 is 0. The van der Waals surface area contributed by atoms with Crippen LogP contribution >= 0.6 is 0 Å². The maximum atomic E-state index is 12.5. The zero-order chi connectivity index (χ0) is 17.7. The van der Waals surface area contributed by atoms with Gasteiger partial charge in [-0.2, -0.15) is 8.78 Å². The summed E-state index contributed by atoms with van der Waals surface area (Å²) in [5.41, 5.74) is 0.219. The molecular formula is C16H21F2NO5. The molecule has 6 nitrogen and oxygen atoms in total. The molecule has 0 aromatic heterocycles. The Morgan fingerprint density at radius 2 is 1.96 bits per heavy atom. The van der Waals surface area contributed by atoms with Gasteiger partial charge in [-0.25, -0.2) is 0 Å². The second kappa shape index (κ2) is 8.14. The van der Waals surface area contributed by atoms with E-state index in [1.54, 1.807) is 0 Å². The monoisotopic (exact) mass is 345 g/mol. The molecule has 0 saturated carbocycles. The second-order valence-electron chi connectivity index (χ2n) is 5.59. The lowest BCUT2D eigenvalue weighted by atomic mass is 10.1. The number of hydrogen-bond donors (Lipinski definition) is 1. The molecule has 1 aromatic carbocycles. The second-order valence-corrected chi connectivity index (χ2v) is 5.59. The average Bonchev–Trinajstić information content (AvgIpc) is 2.97. The average molecular weight is 345 g/mol. The van der Waals surface area contributed by atoms with Crippen molar-refractivity contribution >= 4 is 5.91 Å². The first kappa shape index (κ1) is 18.3. The van der Waals surface area contributed by atoms with Crippen molar-refractivity contribution in [2.45, 2.75) is 26.1 Å². The Hall–Kier alpha value is -2.09. The molecule has 134 valence electrons. The maximum absolute atomic E-state index is 12.5. The maximum Gasteiger partial charge on any atom is 0.387 e. The van der Waals surface area contributed by atoms with Crippen LogP contribution in [0.1, 0.15) is 23.7 Å². The van der Waals surface area contributed by atoms with Gasteiger partial charge in [-0.15, -0.1) is 0 Å². The molecule has 0 radical (unpaired) electrons. The molecule has 8 heteroatoms. The Labute approximate surface area is 139 Å². The minimum absolute atomic E-state index is 0.00876. The fraction of sp³-hybridized carbons (Fsp3) is 0.562. The van der Waals surface area contributed by atoms with Crippen LogP contribution in [-0.2, 0) is 4.74 Å². The Bertz CT molecular complexity index is 557. The third-order valence-corrected chi connectivity index (χ3v) is 3.70. The van der Waals surface area contributed by atoms with E-state index in [-0.39, 0.29) is 34.8 Å². The largest absolute Gasteiger partial charge is 0.493 e. The molecule has 1 amide bonds.